The molecule has 18 heavy (non-hydrogen) atoms. The Labute approximate surface area is 112 Å². The van der Waals surface area contributed by atoms with Crippen molar-refractivity contribution < 1.29 is 0 Å². The van der Waals surface area contributed by atoms with E-state index in [1.807, 2.05) is 0 Å². The van der Waals surface area contributed by atoms with E-state index < -0.39 is 0 Å². The average molecular weight is 245 g/mol. The molecule has 0 aliphatic heterocycles. The molecule has 0 unspecified atom stereocenters. The zero-order valence-electron chi connectivity index (χ0n) is 11.9. The molecule has 1 aliphatic rings. The van der Waals surface area contributed by atoms with Crippen molar-refractivity contribution in [2.24, 2.45) is 5.92 Å². The summed E-state index contributed by atoms with van der Waals surface area (Å²) in [6, 6.07) is 9.48. The third kappa shape index (κ3) is 4.13. The summed E-state index contributed by atoms with van der Waals surface area (Å²) in [6.07, 6.45) is 8.59. The lowest BCUT2D eigenvalue weighted by molar-refractivity contribution is 0.336. The largest absolute Gasteiger partial charge is 0.310 e. The quantitative estimate of drug-likeness (QED) is 0.773. The first kappa shape index (κ1) is 13.6. The van der Waals surface area contributed by atoms with Gasteiger partial charge >= 0.3 is 0 Å². The average Bonchev–Trinajstić information content (AvgIpc) is 2.65. The van der Waals surface area contributed by atoms with Gasteiger partial charge in [0.2, 0.25) is 0 Å². The summed E-state index contributed by atoms with van der Waals surface area (Å²) >= 11 is 0. The molecule has 1 nitrogen and oxygen atoms in total. The molecule has 1 fully saturated rings. The van der Waals surface area contributed by atoms with E-state index in [1.54, 1.807) is 0 Å². The first-order chi connectivity index (χ1) is 8.75. The van der Waals surface area contributed by atoms with Crippen LogP contribution in [0.25, 0.3) is 0 Å². The van der Waals surface area contributed by atoms with E-state index in [2.05, 4.69) is 43.4 Å². The fourth-order valence-corrected chi connectivity index (χ4v) is 3.08. The van der Waals surface area contributed by atoms with Gasteiger partial charge in [-0.05, 0) is 38.2 Å². The van der Waals surface area contributed by atoms with Crippen LogP contribution >= 0.6 is 0 Å². The Bertz CT molecular complexity index is 350. The van der Waals surface area contributed by atoms with Crippen molar-refractivity contribution >= 4 is 0 Å². The van der Waals surface area contributed by atoms with Crippen LogP contribution in [-0.2, 0) is 6.54 Å². The Kier molecular flexibility index (Phi) is 5.25. The minimum absolute atomic E-state index is 0.656. The van der Waals surface area contributed by atoms with Crippen molar-refractivity contribution in [3.63, 3.8) is 0 Å². The molecule has 1 atom stereocenters. The van der Waals surface area contributed by atoms with Crippen molar-refractivity contribution in [2.75, 3.05) is 0 Å². The molecule has 0 spiro atoms. The van der Waals surface area contributed by atoms with Gasteiger partial charge in [-0.25, -0.2) is 0 Å². The fourth-order valence-electron chi connectivity index (χ4n) is 3.08. The van der Waals surface area contributed by atoms with Gasteiger partial charge in [0.05, 0.1) is 0 Å². The zero-order chi connectivity index (χ0) is 12.8. The van der Waals surface area contributed by atoms with E-state index >= 15 is 0 Å². The van der Waals surface area contributed by atoms with E-state index in [-0.39, 0.29) is 0 Å². The fraction of sp³-hybridized carbons (Fsp3) is 0.647. The molecule has 1 aromatic carbocycles. The number of nitrogens with one attached hydrogen (secondary N) is 1. The Morgan fingerprint density at radius 1 is 1.17 bits per heavy atom. The molecule has 1 aliphatic carbocycles. The van der Waals surface area contributed by atoms with Crippen LogP contribution in [-0.4, -0.2) is 6.04 Å². The van der Waals surface area contributed by atoms with Crippen molar-refractivity contribution in [3.8, 4) is 0 Å². The highest BCUT2D eigenvalue weighted by atomic mass is 14.9. The van der Waals surface area contributed by atoms with E-state index in [0.29, 0.717) is 6.04 Å². The van der Waals surface area contributed by atoms with Crippen LogP contribution in [0.1, 0.15) is 56.6 Å². The van der Waals surface area contributed by atoms with E-state index in [9.17, 15) is 0 Å². The van der Waals surface area contributed by atoms with E-state index in [4.69, 9.17) is 0 Å². The van der Waals surface area contributed by atoms with Crippen molar-refractivity contribution in [3.05, 3.63) is 35.4 Å². The summed E-state index contributed by atoms with van der Waals surface area (Å²) in [5.41, 5.74) is 2.77. The van der Waals surface area contributed by atoms with Gasteiger partial charge < -0.3 is 5.32 Å². The summed E-state index contributed by atoms with van der Waals surface area (Å²) < 4.78 is 0. The smallest absolute Gasteiger partial charge is 0.0208 e. The van der Waals surface area contributed by atoms with Crippen LogP contribution in [0.5, 0.6) is 0 Å². The van der Waals surface area contributed by atoms with E-state index in [0.717, 1.165) is 12.5 Å². The zero-order valence-corrected chi connectivity index (χ0v) is 11.9. The third-order valence-corrected chi connectivity index (χ3v) is 4.32. The van der Waals surface area contributed by atoms with Gasteiger partial charge in [-0.2, -0.15) is 0 Å². The molecule has 1 aromatic rings. The van der Waals surface area contributed by atoms with Gasteiger partial charge in [0.1, 0.15) is 0 Å². The standard InChI is InChI=1S/C17H27N/c1-14-8-7-9-16(12-14)13-18-15(2)17-10-5-3-4-6-11-17/h7-9,12,15,17-18H,3-6,10-11,13H2,1-2H3/t15-/m1/s1. The number of hydrogen-bond donors (Lipinski definition) is 1. The molecule has 0 amide bonds. The summed E-state index contributed by atoms with van der Waals surface area (Å²) in [4.78, 5) is 0. The van der Waals surface area contributed by atoms with Crippen LogP contribution < -0.4 is 5.32 Å². The van der Waals surface area contributed by atoms with Crippen LogP contribution in [0.2, 0.25) is 0 Å². The second-order valence-electron chi connectivity index (χ2n) is 5.91. The number of aryl methyl sites for hydroxylation is 1. The normalized spacial score (nSPS) is 19.4. The second kappa shape index (κ2) is 6.94. The van der Waals surface area contributed by atoms with Crippen LogP contribution in [0.4, 0.5) is 0 Å². The number of hydrogen-bond acceptors (Lipinski definition) is 1. The Morgan fingerprint density at radius 2 is 1.89 bits per heavy atom. The molecule has 1 saturated carbocycles. The number of benzene rings is 1. The monoisotopic (exact) mass is 245 g/mol. The van der Waals surface area contributed by atoms with Gasteiger partial charge in [-0.3, -0.25) is 0 Å². The predicted molar refractivity (Wildman–Crippen MR) is 78.7 cm³/mol. The van der Waals surface area contributed by atoms with Crippen LogP contribution in [0.3, 0.4) is 0 Å². The molecule has 0 saturated heterocycles. The van der Waals surface area contributed by atoms with Gasteiger partial charge in [0.25, 0.3) is 0 Å². The third-order valence-electron chi connectivity index (χ3n) is 4.32. The lowest BCUT2D eigenvalue weighted by atomic mass is 9.93. The first-order valence-electron chi connectivity index (χ1n) is 7.54. The van der Waals surface area contributed by atoms with Gasteiger partial charge in [0.15, 0.2) is 0 Å². The van der Waals surface area contributed by atoms with E-state index in [1.165, 1.54) is 49.7 Å². The Hall–Kier alpha value is -0.820. The predicted octanol–water partition coefficient (Wildman–Crippen LogP) is 4.44. The first-order valence-corrected chi connectivity index (χ1v) is 7.54. The van der Waals surface area contributed by atoms with Gasteiger partial charge in [-0.1, -0.05) is 55.5 Å². The van der Waals surface area contributed by atoms with Crippen molar-refractivity contribution in [1.29, 1.82) is 0 Å². The Balaban J connectivity index is 1.81. The molecule has 0 aromatic heterocycles. The maximum Gasteiger partial charge on any atom is 0.0208 e. The molecule has 0 radical (unpaired) electrons. The maximum atomic E-state index is 3.72. The lowest BCUT2D eigenvalue weighted by Crippen LogP contribution is -2.32. The molecule has 0 bridgehead atoms. The molecule has 1 heteroatoms. The highest BCUT2D eigenvalue weighted by Crippen LogP contribution is 2.25. The Morgan fingerprint density at radius 3 is 2.56 bits per heavy atom. The van der Waals surface area contributed by atoms with Gasteiger partial charge in [-0.15, -0.1) is 0 Å². The molecular formula is C17H27N. The topological polar surface area (TPSA) is 12.0 Å². The summed E-state index contributed by atoms with van der Waals surface area (Å²) in [6.45, 7) is 5.54. The van der Waals surface area contributed by atoms with Crippen LogP contribution in [0.15, 0.2) is 24.3 Å². The van der Waals surface area contributed by atoms with Crippen LogP contribution in [0, 0.1) is 12.8 Å². The summed E-state index contributed by atoms with van der Waals surface area (Å²) in [7, 11) is 0. The minimum atomic E-state index is 0.656. The lowest BCUT2D eigenvalue weighted by Gasteiger charge is -2.23. The minimum Gasteiger partial charge on any atom is -0.310 e. The summed E-state index contributed by atoms with van der Waals surface area (Å²) in [5.74, 6) is 0.886. The molecule has 1 N–H and O–H groups in total. The van der Waals surface area contributed by atoms with Crippen molar-refractivity contribution in [1.82, 2.24) is 5.32 Å². The summed E-state index contributed by atoms with van der Waals surface area (Å²) in [5, 5.41) is 3.72. The highest BCUT2D eigenvalue weighted by Gasteiger charge is 2.18. The molecule has 2 rings (SSSR count). The molecule has 0 heterocycles. The van der Waals surface area contributed by atoms with Gasteiger partial charge in [0, 0.05) is 12.6 Å². The molecule has 100 valence electrons. The maximum absolute atomic E-state index is 3.72. The SMILES string of the molecule is Cc1cccc(CN[C@H](C)C2CCCCCC2)c1. The number of rotatable bonds is 4. The molecular weight excluding hydrogens is 218 g/mol. The van der Waals surface area contributed by atoms with Crippen molar-refractivity contribution in [2.45, 2.75) is 65.0 Å². The second-order valence-corrected chi connectivity index (χ2v) is 5.91. The highest BCUT2D eigenvalue weighted by molar-refractivity contribution is 5.22.